The van der Waals surface area contributed by atoms with Gasteiger partial charge in [-0.25, -0.2) is 9.78 Å². The van der Waals surface area contributed by atoms with Crippen LogP contribution in [0.4, 0.5) is 11.6 Å². The Balaban J connectivity index is 1.35. The minimum absolute atomic E-state index is 0.0233. The lowest BCUT2D eigenvalue weighted by atomic mass is 9.97. The molecular formula is C29H34N4O5. The number of piperidine rings is 1. The zero-order valence-corrected chi connectivity index (χ0v) is 22.1. The first-order valence-corrected chi connectivity index (χ1v) is 12.9. The number of anilines is 2. The van der Waals surface area contributed by atoms with Gasteiger partial charge in [0, 0.05) is 13.0 Å². The third kappa shape index (κ3) is 6.79. The van der Waals surface area contributed by atoms with Gasteiger partial charge >= 0.3 is 5.97 Å². The second-order valence-corrected chi connectivity index (χ2v) is 9.43. The van der Waals surface area contributed by atoms with Gasteiger partial charge < -0.3 is 24.8 Å². The Kier molecular flexibility index (Phi) is 8.78. The SMILES string of the molecule is CCOc1ccccc1OC1CCCN(c2cncc(NC(=O)CCc3cc(C)c(C(=O)O)c(C)c3)n2)C1. The largest absolute Gasteiger partial charge is 0.490 e. The number of carbonyl (C=O) groups excluding carboxylic acids is 1. The number of carboxylic acid groups (broad SMARTS) is 1. The molecule has 0 radical (unpaired) electrons. The highest BCUT2D eigenvalue weighted by Crippen LogP contribution is 2.30. The van der Waals surface area contributed by atoms with Crippen LogP contribution in [0.5, 0.6) is 11.5 Å². The van der Waals surface area contributed by atoms with Gasteiger partial charge in [-0.3, -0.25) is 9.78 Å². The number of aromatic nitrogens is 2. The molecule has 1 unspecified atom stereocenters. The van der Waals surface area contributed by atoms with Crippen molar-refractivity contribution in [2.24, 2.45) is 0 Å². The molecule has 9 nitrogen and oxygen atoms in total. The van der Waals surface area contributed by atoms with Crippen LogP contribution in [-0.4, -0.2) is 52.8 Å². The van der Waals surface area contributed by atoms with E-state index in [1.807, 2.05) is 43.3 Å². The van der Waals surface area contributed by atoms with Gasteiger partial charge in [-0.05, 0) is 68.9 Å². The van der Waals surface area contributed by atoms with Crippen LogP contribution in [0.1, 0.15) is 53.2 Å². The Labute approximate surface area is 222 Å². The number of hydrogen-bond acceptors (Lipinski definition) is 7. The molecule has 1 fully saturated rings. The van der Waals surface area contributed by atoms with Gasteiger partial charge in [-0.2, -0.15) is 0 Å². The fraction of sp³-hybridized carbons (Fsp3) is 0.379. The maximum absolute atomic E-state index is 12.6. The van der Waals surface area contributed by atoms with Crippen molar-refractivity contribution >= 4 is 23.5 Å². The first-order valence-electron chi connectivity index (χ1n) is 12.9. The number of nitrogens with one attached hydrogen (secondary N) is 1. The Bertz CT molecular complexity index is 1270. The summed E-state index contributed by atoms with van der Waals surface area (Å²) < 4.78 is 12.0. The average Bonchev–Trinajstić information content (AvgIpc) is 2.88. The topological polar surface area (TPSA) is 114 Å². The number of hydrogen-bond donors (Lipinski definition) is 2. The maximum Gasteiger partial charge on any atom is 0.336 e. The molecule has 2 aromatic carbocycles. The molecule has 1 atom stereocenters. The molecular weight excluding hydrogens is 484 g/mol. The van der Waals surface area contributed by atoms with Crippen molar-refractivity contribution in [3.8, 4) is 11.5 Å². The van der Waals surface area contributed by atoms with Crippen LogP contribution >= 0.6 is 0 Å². The fourth-order valence-corrected chi connectivity index (χ4v) is 4.81. The van der Waals surface area contributed by atoms with E-state index < -0.39 is 5.97 Å². The number of benzene rings is 2. The quantitative estimate of drug-likeness (QED) is 0.393. The lowest BCUT2D eigenvalue weighted by Crippen LogP contribution is -2.41. The van der Waals surface area contributed by atoms with E-state index in [1.54, 1.807) is 20.0 Å². The second kappa shape index (κ2) is 12.4. The van der Waals surface area contributed by atoms with Gasteiger partial charge in [-0.15, -0.1) is 0 Å². The van der Waals surface area contributed by atoms with Gasteiger partial charge in [0.2, 0.25) is 5.91 Å². The predicted molar refractivity (Wildman–Crippen MR) is 145 cm³/mol. The standard InChI is InChI=1S/C29H34N4O5/c1-4-37-23-9-5-6-10-24(23)38-22-8-7-13-33(18-22)26-17-30-16-25(31-26)32-27(34)12-11-21-14-19(2)28(29(35)36)20(3)15-21/h5-6,9-10,14-17,22H,4,7-8,11-13,18H2,1-3H3,(H,35,36)(H,31,32,34). The maximum atomic E-state index is 12.6. The van der Waals surface area contributed by atoms with Crippen LogP contribution in [0.2, 0.25) is 0 Å². The minimum atomic E-state index is -0.940. The minimum Gasteiger partial charge on any atom is -0.490 e. The first kappa shape index (κ1) is 26.9. The summed E-state index contributed by atoms with van der Waals surface area (Å²) in [7, 11) is 0. The van der Waals surface area contributed by atoms with Crippen LogP contribution in [0.25, 0.3) is 0 Å². The number of ether oxygens (including phenoxy) is 2. The van der Waals surface area contributed by atoms with E-state index in [4.69, 9.17) is 9.47 Å². The summed E-state index contributed by atoms with van der Waals surface area (Å²) in [5, 5.41) is 12.2. The smallest absolute Gasteiger partial charge is 0.336 e. The number of aromatic carboxylic acids is 1. The van der Waals surface area contributed by atoms with Crippen molar-refractivity contribution in [2.45, 2.75) is 52.6 Å². The monoisotopic (exact) mass is 518 g/mol. The normalized spacial score (nSPS) is 15.1. The summed E-state index contributed by atoms with van der Waals surface area (Å²) in [6, 6.07) is 11.3. The molecule has 2 heterocycles. The molecule has 2 N–H and O–H groups in total. The Morgan fingerprint density at radius 2 is 1.87 bits per heavy atom. The van der Waals surface area contributed by atoms with E-state index in [9.17, 15) is 14.7 Å². The number of para-hydroxylation sites is 2. The highest BCUT2D eigenvalue weighted by molar-refractivity contribution is 5.91. The zero-order valence-electron chi connectivity index (χ0n) is 22.1. The van der Waals surface area contributed by atoms with Crippen LogP contribution in [-0.2, 0) is 11.2 Å². The van der Waals surface area contributed by atoms with Gasteiger partial charge in [0.15, 0.2) is 17.3 Å². The van der Waals surface area contributed by atoms with Crippen LogP contribution in [0.15, 0.2) is 48.8 Å². The molecule has 0 aliphatic carbocycles. The molecule has 0 bridgehead atoms. The lowest BCUT2D eigenvalue weighted by Gasteiger charge is -2.33. The van der Waals surface area contributed by atoms with Gasteiger partial charge in [0.25, 0.3) is 0 Å². The molecule has 1 saturated heterocycles. The molecule has 1 amide bonds. The molecule has 0 saturated carbocycles. The molecule has 4 rings (SSSR count). The summed E-state index contributed by atoms with van der Waals surface area (Å²) in [5.41, 5.74) is 2.62. The molecule has 1 aliphatic rings. The Morgan fingerprint density at radius 3 is 2.58 bits per heavy atom. The highest BCUT2D eigenvalue weighted by atomic mass is 16.5. The third-order valence-corrected chi connectivity index (χ3v) is 6.48. The summed E-state index contributed by atoms with van der Waals surface area (Å²) in [6.07, 6.45) is 5.82. The molecule has 3 aromatic rings. The fourth-order valence-electron chi connectivity index (χ4n) is 4.81. The molecule has 1 aliphatic heterocycles. The van der Waals surface area contributed by atoms with Gasteiger partial charge in [0.05, 0.1) is 31.1 Å². The molecule has 9 heteroatoms. The van der Waals surface area contributed by atoms with E-state index in [0.717, 1.165) is 36.4 Å². The number of amides is 1. The van der Waals surface area contributed by atoms with Crippen molar-refractivity contribution in [1.29, 1.82) is 0 Å². The Hall–Kier alpha value is -4.14. The number of carboxylic acids is 1. The van der Waals surface area contributed by atoms with Crippen LogP contribution in [0, 0.1) is 13.8 Å². The number of rotatable bonds is 10. The van der Waals surface area contributed by atoms with Crippen LogP contribution < -0.4 is 19.7 Å². The number of carbonyl (C=O) groups is 2. The summed E-state index contributed by atoms with van der Waals surface area (Å²) in [6.45, 7) is 7.54. The van der Waals surface area contributed by atoms with Gasteiger partial charge in [-0.1, -0.05) is 24.3 Å². The summed E-state index contributed by atoms with van der Waals surface area (Å²) >= 11 is 0. The molecule has 200 valence electrons. The molecule has 38 heavy (non-hydrogen) atoms. The Morgan fingerprint density at radius 1 is 1.13 bits per heavy atom. The zero-order chi connectivity index (χ0) is 27.1. The van der Waals surface area contributed by atoms with Gasteiger partial charge in [0.1, 0.15) is 11.9 Å². The van der Waals surface area contributed by atoms with E-state index in [-0.39, 0.29) is 18.4 Å². The van der Waals surface area contributed by atoms with Crippen molar-refractivity contribution < 1.29 is 24.2 Å². The van der Waals surface area contributed by atoms with Crippen molar-refractivity contribution in [1.82, 2.24) is 9.97 Å². The average molecular weight is 519 g/mol. The van der Waals surface area contributed by atoms with E-state index in [0.29, 0.717) is 47.9 Å². The van der Waals surface area contributed by atoms with E-state index in [2.05, 4.69) is 20.2 Å². The second-order valence-electron chi connectivity index (χ2n) is 9.43. The van der Waals surface area contributed by atoms with Crippen molar-refractivity contribution in [2.75, 3.05) is 29.9 Å². The molecule has 0 spiro atoms. The van der Waals surface area contributed by atoms with E-state index >= 15 is 0 Å². The number of aryl methyl sites for hydroxylation is 3. The highest BCUT2D eigenvalue weighted by Gasteiger charge is 2.24. The summed E-state index contributed by atoms with van der Waals surface area (Å²) in [4.78, 5) is 35.1. The molecule has 1 aromatic heterocycles. The lowest BCUT2D eigenvalue weighted by molar-refractivity contribution is -0.116. The first-order chi connectivity index (χ1) is 18.3. The van der Waals surface area contributed by atoms with Crippen molar-refractivity contribution in [3.05, 3.63) is 71.0 Å². The van der Waals surface area contributed by atoms with E-state index in [1.165, 1.54) is 6.20 Å². The van der Waals surface area contributed by atoms with Crippen LogP contribution in [0.3, 0.4) is 0 Å². The summed E-state index contributed by atoms with van der Waals surface area (Å²) in [5.74, 6) is 1.43. The number of nitrogens with zero attached hydrogens (tertiary/aromatic N) is 3. The predicted octanol–water partition coefficient (Wildman–Crippen LogP) is 4.81. The third-order valence-electron chi connectivity index (χ3n) is 6.48. The van der Waals surface area contributed by atoms with Crippen molar-refractivity contribution in [3.63, 3.8) is 0 Å².